The van der Waals surface area contributed by atoms with Crippen molar-refractivity contribution in [1.82, 2.24) is 9.88 Å². The summed E-state index contributed by atoms with van der Waals surface area (Å²) < 4.78 is 0. The van der Waals surface area contributed by atoms with Gasteiger partial charge < -0.3 is 4.90 Å². The molecule has 2 fully saturated rings. The monoisotopic (exact) mass is 299 g/mol. The van der Waals surface area contributed by atoms with Crippen LogP contribution in [0, 0.1) is 0 Å². The van der Waals surface area contributed by atoms with Crippen molar-refractivity contribution < 1.29 is 4.79 Å². The molecule has 5 heteroatoms. The Balaban J connectivity index is 1.55. The highest BCUT2D eigenvalue weighted by molar-refractivity contribution is 7.09. The lowest BCUT2D eigenvalue weighted by Crippen LogP contribution is -2.37. The van der Waals surface area contributed by atoms with E-state index < -0.39 is 0 Å². The molecule has 2 aromatic heterocycles. The molecule has 4 heterocycles. The summed E-state index contributed by atoms with van der Waals surface area (Å²) in [5.74, 6) is 0.230. The zero-order valence-corrected chi connectivity index (χ0v) is 12.5. The van der Waals surface area contributed by atoms with Crippen molar-refractivity contribution >= 4 is 22.9 Å². The minimum atomic E-state index is 0.230. The van der Waals surface area contributed by atoms with E-state index in [1.165, 1.54) is 4.88 Å². The molecular formula is C16H17N3OS. The van der Waals surface area contributed by atoms with Crippen LogP contribution < -0.4 is 4.90 Å². The molecule has 0 unspecified atom stereocenters. The van der Waals surface area contributed by atoms with Crippen LogP contribution in [0.5, 0.6) is 0 Å². The average Bonchev–Trinajstić information content (AvgIpc) is 3.19. The smallest absolute Gasteiger partial charge is 0.229 e. The van der Waals surface area contributed by atoms with Crippen molar-refractivity contribution in [1.29, 1.82) is 0 Å². The van der Waals surface area contributed by atoms with Gasteiger partial charge in [-0.25, -0.2) is 0 Å². The Kier molecular flexibility index (Phi) is 3.24. The molecule has 108 valence electrons. The number of carbonyl (C=O) groups excluding carboxylic acids is 1. The Morgan fingerprint density at radius 3 is 3.00 bits per heavy atom. The second-order valence-corrected chi connectivity index (χ2v) is 6.68. The van der Waals surface area contributed by atoms with Crippen molar-refractivity contribution in [3.63, 3.8) is 0 Å². The highest BCUT2D eigenvalue weighted by atomic mass is 32.1. The van der Waals surface area contributed by atoms with E-state index in [2.05, 4.69) is 27.4 Å². The average molecular weight is 299 g/mol. The van der Waals surface area contributed by atoms with Crippen LogP contribution in [0.3, 0.4) is 0 Å². The molecule has 1 amide bonds. The van der Waals surface area contributed by atoms with Crippen LogP contribution in [0.1, 0.15) is 17.7 Å². The van der Waals surface area contributed by atoms with Gasteiger partial charge >= 0.3 is 0 Å². The minimum absolute atomic E-state index is 0.230. The maximum absolute atomic E-state index is 12.4. The van der Waals surface area contributed by atoms with Crippen molar-refractivity contribution in [3.8, 4) is 0 Å². The Hall–Kier alpha value is -1.72. The molecule has 2 aliphatic rings. The SMILES string of the molecule is O=C1C[C@H]2[C@@H](CCN2Cc2cccs2)N1c1cccnc1. The van der Waals surface area contributed by atoms with E-state index in [4.69, 9.17) is 0 Å². The molecule has 2 saturated heterocycles. The highest BCUT2D eigenvalue weighted by Crippen LogP contribution is 2.36. The molecule has 0 N–H and O–H groups in total. The van der Waals surface area contributed by atoms with E-state index in [-0.39, 0.29) is 5.91 Å². The van der Waals surface area contributed by atoms with Gasteiger partial charge in [0.15, 0.2) is 0 Å². The standard InChI is InChI=1S/C16H17N3OS/c20-16-9-15-14(19(16)12-3-1-6-17-10-12)5-7-18(15)11-13-4-2-8-21-13/h1-4,6,8,10,14-15H,5,7,9,11H2/t14-,15+/m1/s1. The van der Waals surface area contributed by atoms with Crippen LogP contribution in [0.2, 0.25) is 0 Å². The van der Waals surface area contributed by atoms with Gasteiger partial charge in [-0.2, -0.15) is 0 Å². The number of likely N-dealkylation sites (tertiary alicyclic amines) is 1. The van der Waals surface area contributed by atoms with E-state index in [1.807, 2.05) is 17.0 Å². The van der Waals surface area contributed by atoms with Gasteiger partial charge in [-0.3, -0.25) is 14.7 Å². The van der Waals surface area contributed by atoms with Gasteiger partial charge in [-0.1, -0.05) is 6.07 Å². The lowest BCUT2D eigenvalue weighted by Gasteiger charge is -2.25. The number of rotatable bonds is 3. The molecule has 4 rings (SSSR count). The first-order chi connectivity index (χ1) is 10.3. The van der Waals surface area contributed by atoms with Gasteiger partial charge in [0, 0.05) is 36.6 Å². The number of pyridine rings is 1. The van der Waals surface area contributed by atoms with Crippen molar-refractivity contribution in [2.45, 2.75) is 31.5 Å². The van der Waals surface area contributed by atoms with E-state index in [0.29, 0.717) is 18.5 Å². The fourth-order valence-corrected chi connectivity index (χ4v) is 4.29. The van der Waals surface area contributed by atoms with E-state index in [1.54, 1.807) is 23.7 Å². The molecule has 21 heavy (non-hydrogen) atoms. The predicted octanol–water partition coefficient (Wildman–Crippen LogP) is 2.52. The Bertz CT molecular complexity index is 628. The van der Waals surface area contributed by atoms with Crippen LogP contribution in [0.4, 0.5) is 5.69 Å². The van der Waals surface area contributed by atoms with Gasteiger partial charge in [0.05, 0.1) is 17.9 Å². The number of hydrogen-bond acceptors (Lipinski definition) is 4. The third-order valence-electron chi connectivity index (χ3n) is 4.47. The van der Waals surface area contributed by atoms with Gasteiger partial charge in [0.2, 0.25) is 5.91 Å². The van der Waals surface area contributed by atoms with Crippen LogP contribution in [-0.4, -0.2) is 34.4 Å². The number of amides is 1. The lowest BCUT2D eigenvalue weighted by atomic mass is 10.1. The fraction of sp³-hybridized carbons (Fsp3) is 0.375. The molecule has 0 saturated carbocycles. The van der Waals surface area contributed by atoms with Crippen molar-refractivity contribution in [3.05, 3.63) is 46.9 Å². The molecule has 0 radical (unpaired) electrons. The van der Waals surface area contributed by atoms with Gasteiger partial charge in [-0.15, -0.1) is 11.3 Å². The molecule has 2 aromatic rings. The minimum Gasteiger partial charge on any atom is -0.306 e. The summed E-state index contributed by atoms with van der Waals surface area (Å²) in [7, 11) is 0. The van der Waals surface area contributed by atoms with Gasteiger partial charge in [0.25, 0.3) is 0 Å². The summed E-state index contributed by atoms with van der Waals surface area (Å²) in [6.45, 7) is 2.03. The maximum atomic E-state index is 12.4. The largest absolute Gasteiger partial charge is 0.306 e. The number of nitrogens with zero attached hydrogens (tertiary/aromatic N) is 3. The topological polar surface area (TPSA) is 36.4 Å². The molecule has 0 spiro atoms. The molecule has 0 aliphatic carbocycles. The second kappa shape index (κ2) is 5.24. The predicted molar refractivity (Wildman–Crippen MR) is 83.3 cm³/mol. The molecule has 4 nitrogen and oxygen atoms in total. The van der Waals surface area contributed by atoms with E-state index in [0.717, 1.165) is 25.2 Å². The fourth-order valence-electron chi connectivity index (χ4n) is 3.56. The van der Waals surface area contributed by atoms with Crippen LogP contribution in [0.25, 0.3) is 0 Å². The summed E-state index contributed by atoms with van der Waals surface area (Å²) in [4.78, 5) is 22.4. The number of anilines is 1. The molecular weight excluding hydrogens is 282 g/mol. The maximum Gasteiger partial charge on any atom is 0.229 e. The van der Waals surface area contributed by atoms with Crippen LogP contribution in [0.15, 0.2) is 42.0 Å². The first-order valence-electron chi connectivity index (χ1n) is 7.31. The second-order valence-electron chi connectivity index (χ2n) is 5.65. The zero-order chi connectivity index (χ0) is 14.2. The zero-order valence-electron chi connectivity index (χ0n) is 11.7. The third kappa shape index (κ3) is 2.26. The molecule has 2 atom stereocenters. The highest BCUT2D eigenvalue weighted by Gasteiger charge is 2.47. The summed E-state index contributed by atoms with van der Waals surface area (Å²) in [5, 5.41) is 2.12. The lowest BCUT2D eigenvalue weighted by molar-refractivity contribution is -0.117. The Labute approximate surface area is 128 Å². The van der Waals surface area contributed by atoms with Crippen molar-refractivity contribution in [2.75, 3.05) is 11.4 Å². The molecule has 2 aliphatic heterocycles. The normalized spacial score (nSPS) is 25.5. The number of thiophene rings is 1. The summed E-state index contributed by atoms with van der Waals surface area (Å²) in [5.41, 5.74) is 0.938. The molecule has 0 bridgehead atoms. The summed E-state index contributed by atoms with van der Waals surface area (Å²) >= 11 is 1.79. The number of hydrogen-bond donors (Lipinski definition) is 0. The summed E-state index contributed by atoms with van der Waals surface area (Å²) in [6.07, 6.45) is 5.23. The van der Waals surface area contributed by atoms with Crippen molar-refractivity contribution in [2.24, 2.45) is 0 Å². The van der Waals surface area contributed by atoms with Crippen LogP contribution >= 0.6 is 11.3 Å². The van der Waals surface area contributed by atoms with Gasteiger partial charge in [-0.05, 0) is 30.0 Å². The quantitative estimate of drug-likeness (QED) is 0.874. The molecule has 0 aromatic carbocycles. The Morgan fingerprint density at radius 2 is 2.24 bits per heavy atom. The van der Waals surface area contributed by atoms with E-state index in [9.17, 15) is 4.79 Å². The summed E-state index contributed by atoms with van der Waals surface area (Å²) in [6, 6.07) is 8.80. The number of aromatic nitrogens is 1. The van der Waals surface area contributed by atoms with E-state index >= 15 is 0 Å². The number of fused-ring (bicyclic) bond motifs is 1. The third-order valence-corrected chi connectivity index (χ3v) is 5.33. The van der Waals surface area contributed by atoms with Crippen LogP contribution in [-0.2, 0) is 11.3 Å². The Morgan fingerprint density at radius 1 is 1.29 bits per heavy atom. The van der Waals surface area contributed by atoms with Gasteiger partial charge in [0.1, 0.15) is 0 Å². The first-order valence-corrected chi connectivity index (χ1v) is 8.19. The number of carbonyl (C=O) groups is 1. The first kappa shape index (κ1) is 13.0.